The largest absolute Gasteiger partial charge is 0.339 e. The van der Waals surface area contributed by atoms with Crippen LogP contribution in [0.25, 0.3) is 11.3 Å². The quantitative estimate of drug-likeness (QED) is 0.683. The molecule has 0 radical (unpaired) electrons. The van der Waals surface area contributed by atoms with E-state index in [9.17, 15) is 4.79 Å². The number of rotatable bonds is 5. The van der Waals surface area contributed by atoms with Gasteiger partial charge in [-0.25, -0.2) is 4.98 Å². The number of hydrogen-bond acceptors (Lipinski definition) is 5. The van der Waals surface area contributed by atoms with Gasteiger partial charge in [0.1, 0.15) is 11.7 Å². The third-order valence-electron chi connectivity index (χ3n) is 3.01. The van der Waals surface area contributed by atoms with E-state index in [-0.39, 0.29) is 11.8 Å². The summed E-state index contributed by atoms with van der Waals surface area (Å²) in [6.45, 7) is 0. The summed E-state index contributed by atoms with van der Waals surface area (Å²) < 4.78 is 0. The van der Waals surface area contributed by atoms with Gasteiger partial charge in [-0.2, -0.15) is 11.3 Å². The lowest BCUT2D eigenvalue weighted by Gasteiger charge is -2.08. The van der Waals surface area contributed by atoms with E-state index in [2.05, 4.69) is 20.6 Å². The molecule has 0 spiro atoms. The minimum atomic E-state index is -0.247. The zero-order valence-corrected chi connectivity index (χ0v) is 13.6. The molecular formula is C16H13ClN4OS. The molecule has 7 heteroatoms. The maximum Gasteiger partial charge on any atom is 0.239 e. The molecular weight excluding hydrogens is 332 g/mol. The fourth-order valence-corrected chi connectivity index (χ4v) is 2.69. The highest BCUT2D eigenvalue weighted by molar-refractivity contribution is 7.08. The van der Waals surface area contributed by atoms with Crippen molar-refractivity contribution in [2.75, 3.05) is 16.5 Å². The number of aromatic nitrogens is 2. The summed E-state index contributed by atoms with van der Waals surface area (Å²) in [4.78, 5) is 20.1. The Hall–Kier alpha value is -2.44. The number of nitrogens with one attached hydrogen (secondary N) is 2. The van der Waals surface area contributed by atoms with Gasteiger partial charge in [0.05, 0.1) is 18.1 Å². The number of hydrogen-bond donors (Lipinski definition) is 2. The Morgan fingerprint density at radius 1 is 1.17 bits per heavy atom. The smallest absolute Gasteiger partial charge is 0.239 e. The van der Waals surface area contributed by atoms with Crippen LogP contribution >= 0.6 is 22.9 Å². The zero-order chi connectivity index (χ0) is 16.1. The van der Waals surface area contributed by atoms with E-state index in [1.54, 1.807) is 35.9 Å². The third kappa shape index (κ3) is 4.06. The highest BCUT2D eigenvalue weighted by Gasteiger charge is 2.04. The van der Waals surface area contributed by atoms with Gasteiger partial charge < -0.3 is 10.6 Å². The Morgan fingerprint density at radius 2 is 2.04 bits per heavy atom. The van der Waals surface area contributed by atoms with Crippen LogP contribution in [0.15, 0.2) is 53.5 Å². The van der Waals surface area contributed by atoms with Crippen molar-refractivity contribution in [1.29, 1.82) is 0 Å². The number of anilines is 3. The summed E-state index contributed by atoms with van der Waals surface area (Å²) in [5.41, 5.74) is 3.36. The van der Waals surface area contributed by atoms with Crippen LogP contribution in [0.5, 0.6) is 0 Å². The Labute approximate surface area is 142 Å². The van der Waals surface area contributed by atoms with E-state index in [0.29, 0.717) is 11.5 Å². The van der Waals surface area contributed by atoms with E-state index in [0.717, 1.165) is 16.9 Å². The monoisotopic (exact) mass is 344 g/mol. The number of nitrogens with zero attached hydrogens (tertiary/aromatic N) is 2. The average molecular weight is 345 g/mol. The molecule has 2 N–H and O–H groups in total. The molecule has 1 aromatic carbocycles. The molecule has 5 nitrogen and oxygen atoms in total. The number of carbonyl (C=O) groups excluding carboxylic acids is 1. The SMILES string of the molecule is O=C(CCl)Nc1cccc(Nc2cnc(-c3ccsc3)cn2)c1. The van der Waals surface area contributed by atoms with Crippen LogP contribution < -0.4 is 10.6 Å². The number of halogens is 1. The van der Waals surface area contributed by atoms with Crippen molar-refractivity contribution in [3.63, 3.8) is 0 Å². The fraction of sp³-hybridized carbons (Fsp3) is 0.0625. The molecule has 0 aliphatic rings. The van der Waals surface area contributed by atoms with Crippen molar-refractivity contribution in [2.24, 2.45) is 0 Å². The van der Waals surface area contributed by atoms with E-state index in [1.807, 2.05) is 29.0 Å². The molecule has 0 saturated heterocycles. The highest BCUT2D eigenvalue weighted by atomic mass is 35.5. The fourth-order valence-electron chi connectivity index (χ4n) is 1.97. The molecule has 2 aromatic heterocycles. The number of benzene rings is 1. The third-order valence-corrected chi connectivity index (χ3v) is 3.93. The molecule has 0 aliphatic heterocycles. The molecule has 0 bridgehead atoms. The molecule has 3 aromatic rings. The van der Waals surface area contributed by atoms with Crippen molar-refractivity contribution >= 4 is 46.0 Å². The minimum absolute atomic E-state index is 0.0762. The number of carbonyl (C=O) groups is 1. The molecule has 0 fully saturated rings. The van der Waals surface area contributed by atoms with Gasteiger partial charge in [-0.15, -0.1) is 11.6 Å². The second-order valence-electron chi connectivity index (χ2n) is 4.69. The zero-order valence-electron chi connectivity index (χ0n) is 12.0. The van der Waals surface area contributed by atoms with Gasteiger partial charge in [0.25, 0.3) is 0 Å². The van der Waals surface area contributed by atoms with Crippen molar-refractivity contribution in [1.82, 2.24) is 9.97 Å². The summed E-state index contributed by atoms with van der Waals surface area (Å²) in [5, 5.41) is 9.88. The van der Waals surface area contributed by atoms with E-state index >= 15 is 0 Å². The van der Waals surface area contributed by atoms with Gasteiger partial charge in [0, 0.05) is 22.3 Å². The summed E-state index contributed by atoms with van der Waals surface area (Å²) in [5.74, 6) is 0.307. The summed E-state index contributed by atoms with van der Waals surface area (Å²) in [6, 6.07) is 9.31. The first-order valence-electron chi connectivity index (χ1n) is 6.82. The summed E-state index contributed by atoms with van der Waals surface area (Å²) in [6.07, 6.45) is 3.40. The van der Waals surface area contributed by atoms with Crippen molar-refractivity contribution in [2.45, 2.75) is 0 Å². The van der Waals surface area contributed by atoms with Crippen LogP contribution in [0.2, 0.25) is 0 Å². The van der Waals surface area contributed by atoms with Gasteiger partial charge in [-0.05, 0) is 29.6 Å². The van der Waals surface area contributed by atoms with Gasteiger partial charge in [0.2, 0.25) is 5.91 Å². The standard InChI is InChI=1S/C16H13ClN4OS/c17-7-16(22)21-13-3-1-2-12(6-13)20-15-9-18-14(8-19-15)11-4-5-23-10-11/h1-6,8-10H,7H2,(H,19,20)(H,21,22). The predicted octanol–water partition coefficient (Wildman–Crippen LogP) is 4.13. The second-order valence-corrected chi connectivity index (χ2v) is 5.73. The molecule has 2 heterocycles. The molecule has 116 valence electrons. The van der Waals surface area contributed by atoms with Crippen LogP contribution in [0.1, 0.15) is 0 Å². The van der Waals surface area contributed by atoms with Crippen LogP contribution in [-0.2, 0) is 4.79 Å². The first-order valence-corrected chi connectivity index (χ1v) is 8.30. The molecule has 0 atom stereocenters. The van der Waals surface area contributed by atoms with E-state index in [4.69, 9.17) is 11.6 Å². The first-order chi connectivity index (χ1) is 11.2. The predicted molar refractivity (Wildman–Crippen MR) is 94.4 cm³/mol. The molecule has 0 aliphatic carbocycles. The Morgan fingerprint density at radius 3 is 2.74 bits per heavy atom. The maximum absolute atomic E-state index is 11.3. The molecule has 0 saturated carbocycles. The van der Waals surface area contributed by atoms with Gasteiger partial charge in [-0.1, -0.05) is 6.07 Å². The van der Waals surface area contributed by atoms with Crippen molar-refractivity contribution in [3.8, 4) is 11.3 Å². The van der Waals surface area contributed by atoms with Crippen LogP contribution in [0.3, 0.4) is 0 Å². The molecule has 23 heavy (non-hydrogen) atoms. The van der Waals surface area contributed by atoms with Crippen molar-refractivity contribution < 1.29 is 4.79 Å². The van der Waals surface area contributed by atoms with E-state index in [1.165, 1.54) is 0 Å². The number of amides is 1. The highest BCUT2D eigenvalue weighted by Crippen LogP contribution is 2.22. The van der Waals surface area contributed by atoms with Crippen LogP contribution in [0, 0.1) is 0 Å². The minimum Gasteiger partial charge on any atom is -0.339 e. The number of alkyl halides is 1. The van der Waals surface area contributed by atoms with Crippen molar-refractivity contribution in [3.05, 3.63) is 53.5 Å². The maximum atomic E-state index is 11.3. The van der Waals surface area contributed by atoms with Crippen LogP contribution in [0.4, 0.5) is 17.2 Å². The normalized spacial score (nSPS) is 10.3. The topological polar surface area (TPSA) is 66.9 Å². The Kier molecular flexibility index (Phi) is 4.85. The lowest BCUT2D eigenvalue weighted by atomic mass is 10.2. The number of thiophene rings is 1. The van der Waals surface area contributed by atoms with Crippen LogP contribution in [-0.4, -0.2) is 21.8 Å². The Bertz CT molecular complexity index is 790. The van der Waals surface area contributed by atoms with Gasteiger partial charge in [0.15, 0.2) is 0 Å². The lowest BCUT2D eigenvalue weighted by Crippen LogP contribution is -2.12. The molecule has 1 amide bonds. The average Bonchev–Trinajstić information content (AvgIpc) is 3.10. The van der Waals surface area contributed by atoms with Gasteiger partial charge in [-0.3, -0.25) is 9.78 Å². The first kappa shape index (κ1) is 15.5. The molecule has 3 rings (SSSR count). The summed E-state index contributed by atoms with van der Waals surface area (Å²) in [7, 11) is 0. The Balaban J connectivity index is 1.72. The molecule has 0 unspecified atom stereocenters. The second kappa shape index (κ2) is 7.21. The lowest BCUT2D eigenvalue weighted by molar-refractivity contribution is -0.113. The van der Waals surface area contributed by atoms with Gasteiger partial charge >= 0.3 is 0 Å². The van der Waals surface area contributed by atoms with E-state index < -0.39 is 0 Å². The summed E-state index contributed by atoms with van der Waals surface area (Å²) >= 11 is 7.11.